The fraction of sp³-hybridized carbons (Fsp3) is 1.00. The second-order valence-electron chi connectivity index (χ2n) is 4.73. The average molecular weight is 170 g/mol. The molecule has 12 heavy (non-hydrogen) atoms. The highest BCUT2D eigenvalue weighted by molar-refractivity contribution is 4.75. The van der Waals surface area contributed by atoms with Crippen LogP contribution in [-0.4, -0.2) is 31.9 Å². The smallest absolute Gasteiger partial charge is 0.111 e. The molecule has 2 nitrogen and oxygen atoms in total. The fourth-order valence-electron chi connectivity index (χ4n) is 2.91. The van der Waals surface area contributed by atoms with E-state index >= 15 is 0 Å². The molecule has 0 spiro atoms. The van der Waals surface area contributed by atoms with Crippen molar-refractivity contribution in [2.24, 2.45) is 11.8 Å². The van der Waals surface area contributed by atoms with Crippen LogP contribution >= 0.6 is 0 Å². The van der Waals surface area contributed by atoms with Crippen LogP contribution in [0.5, 0.6) is 0 Å². The van der Waals surface area contributed by atoms with Crippen LogP contribution in [0.2, 0.25) is 0 Å². The van der Waals surface area contributed by atoms with Gasteiger partial charge in [0.15, 0.2) is 0 Å². The number of hydrogen-bond acceptors (Lipinski definition) is 1. The van der Waals surface area contributed by atoms with Crippen LogP contribution in [0.25, 0.3) is 0 Å². The third-order valence-electron chi connectivity index (χ3n) is 3.70. The third kappa shape index (κ3) is 1.50. The van der Waals surface area contributed by atoms with E-state index in [1.54, 1.807) is 0 Å². The summed E-state index contributed by atoms with van der Waals surface area (Å²) >= 11 is 0. The van der Waals surface area contributed by atoms with Crippen molar-refractivity contribution in [3.8, 4) is 0 Å². The molecule has 2 saturated heterocycles. The fourth-order valence-corrected chi connectivity index (χ4v) is 2.91. The van der Waals surface area contributed by atoms with E-state index in [4.69, 9.17) is 4.84 Å². The summed E-state index contributed by atoms with van der Waals surface area (Å²) in [6.07, 6.45) is 5.79. The van der Waals surface area contributed by atoms with Crippen molar-refractivity contribution >= 4 is 0 Å². The second kappa shape index (κ2) is 3.00. The Morgan fingerprint density at radius 1 is 1.00 bits per heavy atom. The number of quaternary nitrogens is 1. The molecular weight excluding hydrogens is 150 g/mol. The highest BCUT2D eigenvalue weighted by Gasteiger charge is 2.38. The molecule has 2 aliphatic heterocycles. The lowest BCUT2D eigenvalue weighted by molar-refractivity contribution is -1.09. The molecule has 3 aliphatic rings. The topological polar surface area (TPSA) is 9.23 Å². The van der Waals surface area contributed by atoms with Crippen molar-refractivity contribution in [1.82, 2.24) is 0 Å². The number of fused-ring (bicyclic) bond motifs is 4. The normalized spacial score (nSPS) is 47.5. The minimum Gasteiger partial charge on any atom is -0.206 e. The molecule has 3 fully saturated rings. The van der Waals surface area contributed by atoms with E-state index in [2.05, 4.69) is 7.05 Å². The Balaban J connectivity index is 2.11. The largest absolute Gasteiger partial charge is 0.206 e. The molecule has 0 radical (unpaired) electrons. The van der Waals surface area contributed by atoms with Gasteiger partial charge in [-0.2, -0.15) is 4.65 Å². The SMILES string of the molecule is CO[N+]1(C)CC2CCC(CC2)C1. The second-order valence-corrected chi connectivity index (χ2v) is 4.73. The summed E-state index contributed by atoms with van der Waals surface area (Å²) in [6.45, 7) is 2.49. The Morgan fingerprint density at radius 2 is 1.42 bits per heavy atom. The standard InChI is InChI=1S/C10H20NO/c1-11(12-2)7-9-3-4-10(8-11)6-5-9/h9-10H,3-8H2,1-2H3/q+1. The maximum Gasteiger partial charge on any atom is 0.111 e. The van der Waals surface area contributed by atoms with Gasteiger partial charge in [-0.05, 0) is 25.7 Å². The minimum atomic E-state index is 0.856. The number of hydrogen-bond donors (Lipinski definition) is 0. The molecule has 2 heterocycles. The Hall–Kier alpha value is -0.0800. The van der Waals surface area contributed by atoms with E-state index in [1.165, 1.54) is 38.8 Å². The highest BCUT2D eigenvalue weighted by atomic mass is 16.7. The Bertz CT molecular complexity index is 147. The number of hydroxylamine groups is 3. The summed E-state index contributed by atoms with van der Waals surface area (Å²) < 4.78 is 0.856. The molecule has 0 aromatic heterocycles. The first-order valence-corrected chi connectivity index (χ1v) is 5.12. The Kier molecular flexibility index (Phi) is 2.13. The number of nitrogens with zero attached hydrogens (tertiary/aromatic N) is 1. The van der Waals surface area contributed by atoms with Crippen LogP contribution in [0.4, 0.5) is 0 Å². The van der Waals surface area contributed by atoms with E-state index in [9.17, 15) is 0 Å². The first kappa shape index (κ1) is 8.52. The van der Waals surface area contributed by atoms with Gasteiger partial charge in [0.2, 0.25) is 0 Å². The summed E-state index contributed by atoms with van der Waals surface area (Å²) in [5.41, 5.74) is 0. The van der Waals surface area contributed by atoms with Crippen molar-refractivity contribution in [2.45, 2.75) is 25.7 Å². The molecule has 0 atom stereocenters. The van der Waals surface area contributed by atoms with Gasteiger partial charge >= 0.3 is 0 Å². The van der Waals surface area contributed by atoms with Gasteiger partial charge in [-0.15, -0.1) is 0 Å². The van der Waals surface area contributed by atoms with Crippen LogP contribution in [0, 0.1) is 11.8 Å². The third-order valence-corrected chi connectivity index (χ3v) is 3.70. The van der Waals surface area contributed by atoms with Crippen molar-refractivity contribution in [2.75, 3.05) is 27.2 Å². The van der Waals surface area contributed by atoms with E-state index < -0.39 is 0 Å². The molecule has 2 heteroatoms. The van der Waals surface area contributed by atoms with Gasteiger partial charge in [0.05, 0.1) is 14.2 Å². The van der Waals surface area contributed by atoms with Gasteiger partial charge < -0.3 is 0 Å². The minimum absolute atomic E-state index is 0.856. The predicted octanol–water partition coefficient (Wildman–Crippen LogP) is 1.81. The van der Waals surface area contributed by atoms with Gasteiger partial charge in [-0.3, -0.25) is 0 Å². The molecule has 0 amide bonds. The highest BCUT2D eigenvalue weighted by Crippen LogP contribution is 2.36. The predicted molar refractivity (Wildman–Crippen MR) is 48.4 cm³/mol. The molecule has 2 bridgehead atoms. The summed E-state index contributed by atoms with van der Waals surface area (Å²) in [7, 11) is 4.08. The van der Waals surface area contributed by atoms with Crippen molar-refractivity contribution < 1.29 is 9.48 Å². The molecule has 0 aromatic rings. The van der Waals surface area contributed by atoms with Crippen LogP contribution in [0.3, 0.4) is 0 Å². The van der Waals surface area contributed by atoms with Crippen LogP contribution < -0.4 is 0 Å². The molecule has 0 unspecified atom stereocenters. The Morgan fingerprint density at radius 3 is 1.75 bits per heavy atom. The molecule has 1 aliphatic carbocycles. The molecule has 0 aromatic carbocycles. The summed E-state index contributed by atoms with van der Waals surface area (Å²) in [5, 5.41) is 0. The van der Waals surface area contributed by atoms with Gasteiger partial charge in [0.25, 0.3) is 0 Å². The van der Waals surface area contributed by atoms with E-state index in [0.29, 0.717) is 0 Å². The van der Waals surface area contributed by atoms with Crippen LogP contribution in [0.1, 0.15) is 25.7 Å². The first-order chi connectivity index (χ1) is 5.72. The molecule has 1 saturated carbocycles. The van der Waals surface area contributed by atoms with E-state index in [1.807, 2.05) is 7.11 Å². The van der Waals surface area contributed by atoms with Crippen LogP contribution in [0.15, 0.2) is 0 Å². The zero-order valence-electron chi connectivity index (χ0n) is 8.25. The lowest BCUT2D eigenvalue weighted by atomic mass is 9.84. The molecular formula is C10H20NO+. The van der Waals surface area contributed by atoms with Crippen molar-refractivity contribution in [1.29, 1.82) is 0 Å². The van der Waals surface area contributed by atoms with Crippen LogP contribution in [-0.2, 0) is 4.84 Å². The summed E-state index contributed by atoms with van der Waals surface area (Å²) in [5.74, 6) is 1.88. The number of rotatable bonds is 1. The molecule has 0 N–H and O–H groups in total. The van der Waals surface area contributed by atoms with E-state index in [-0.39, 0.29) is 0 Å². The zero-order chi connectivity index (χ0) is 8.60. The Labute approximate surface area is 75.0 Å². The maximum absolute atomic E-state index is 5.58. The monoisotopic (exact) mass is 170 g/mol. The van der Waals surface area contributed by atoms with Gasteiger partial charge in [0.1, 0.15) is 13.1 Å². The lowest BCUT2D eigenvalue weighted by Crippen LogP contribution is -2.45. The van der Waals surface area contributed by atoms with Gasteiger partial charge in [-0.1, -0.05) is 0 Å². The molecule has 70 valence electrons. The zero-order valence-corrected chi connectivity index (χ0v) is 8.25. The summed E-state index contributed by atoms with van der Waals surface area (Å²) in [6, 6.07) is 0. The summed E-state index contributed by atoms with van der Waals surface area (Å²) in [4.78, 5) is 5.58. The van der Waals surface area contributed by atoms with Gasteiger partial charge in [-0.25, -0.2) is 4.84 Å². The van der Waals surface area contributed by atoms with E-state index in [0.717, 1.165) is 16.5 Å². The first-order valence-electron chi connectivity index (χ1n) is 5.12. The van der Waals surface area contributed by atoms with Crippen molar-refractivity contribution in [3.05, 3.63) is 0 Å². The quantitative estimate of drug-likeness (QED) is 0.545. The molecule has 3 rings (SSSR count). The maximum atomic E-state index is 5.58. The van der Waals surface area contributed by atoms with Crippen molar-refractivity contribution in [3.63, 3.8) is 0 Å². The lowest BCUT2D eigenvalue weighted by Gasteiger charge is -2.30. The average Bonchev–Trinajstić information content (AvgIpc) is 2.32. The van der Waals surface area contributed by atoms with Gasteiger partial charge in [0, 0.05) is 11.8 Å².